The molecule has 0 rings (SSSR count). The first-order chi connectivity index (χ1) is 7.32. The number of hydrazone groups is 1. The summed E-state index contributed by atoms with van der Waals surface area (Å²) >= 11 is 0. The third-order valence-electron chi connectivity index (χ3n) is 1.51. The molecule has 0 heterocycles. The smallest absolute Gasteiger partial charge is 0.382 e. The minimum Gasteiger partial charge on any atom is -0.382 e. The van der Waals surface area contributed by atoms with E-state index in [-0.39, 0.29) is 6.42 Å². The van der Waals surface area contributed by atoms with Crippen LogP contribution in [0.25, 0.3) is 0 Å². The fourth-order valence-electron chi connectivity index (χ4n) is 0.799. The molecule has 0 aliphatic rings. The summed E-state index contributed by atoms with van der Waals surface area (Å²) in [7, 11) is 2.30. The van der Waals surface area contributed by atoms with Gasteiger partial charge in [0.25, 0.3) is 0 Å². The maximum Gasteiger partial charge on any atom is 0.472 e. The zero-order chi connectivity index (χ0) is 12.8. The fraction of sp³-hybridized carbons (Fsp3) is 0.750. The molecule has 0 unspecified atom stereocenters. The third-order valence-corrected chi connectivity index (χ3v) is 1.51. The molecule has 0 aromatic heterocycles. The van der Waals surface area contributed by atoms with Crippen LogP contribution in [0.4, 0.5) is 13.2 Å². The highest BCUT2D eigenvalue weighted by atomic mass is 19.4. The number of carbonyl (C=O) groups is 1. The Bertz CT molecular complexity index is 266. The Balaban J connectivity index is 4.72. The summed E-state index contributed by atoms with van der Waals surface area (Å²) in [4.78, 5) is 15.3. The van der Waals surface area contributed by atoms with Crippen LogP contribution in [-0.2, 0) is 9.63 Å². The maximum absolute atomic E-state index is 12.3. The van der Waals surface area contributed by atoms with E-state index in [9.17, 15) is 18.0 Å². The van der Waals surface area contributed by atoms with E-state index in [2.05, 4.69) is 9.94 Å². The van der Waals surface area contributed by atoms with E-state index < -0.39 is 18.0 Å². The standard InChI is InChI=1S/C8H14F3N3O2/c1-4-5-6(15)14(3)13-7(16-12-2)8(9,10)11/h12H,4-5H2,1-3H3/b13-7-. The van der Waals surface area contributed by atoms with E-state index in [0.29, 0.717) is 11.4 Å². The predicted octanol–water partition coefficient (Wildman–Crippen LogP) is 1.27. The predicted molar refractivity (Wildman–Crippen MR) is 51.3 cm³/mol. The molecule has 0 bridgehead atoms. The Kier molecular flexibility index (Phi) is 5.79. The highest BCUT2D eigenvalue weighted by Gasteiger charge is 2.39. The number of rotatable bonds is 4. The van der Waals surface area contributed by atoms with Gasteiger partial charge in [-0.1, -0.05) is 6.92 Å². The van der Waals surface area contributed by atoms with Crippen molar-refractivity contribution < 1.29 is 22.8 Å². The van der Waals surface area contributed by atoms with Crippen LogP contribution in [0.15, 0.2) is 5.10 Å². The van der Waals surface area contributed by atoms with Gasteiger partial charge < -0.3 is 4.84 Å². The van der Waals surface area contributed by atoms with Crippen LogP contribution in [-0.4, -0.2) is 37.1 Å². The van der Waals surface area contributed by atoms with Gasteiger partial charge in [-0.25, -0.2) is 5.01 Å². The average Bonchev–Trinajstić information content (AvgIpc) is 2.15. The van der Waals surface area contributed by atoms with E-state index in [1.54, 1.807) is 6.92 Å². The quantitative estimate of drug-likeness (QED) is 0.458. The van der Waals surface area contributed by atoms with Crippen LogP contribution in [0.2, 0.25) is 0 Å². The number of hydrogen-bond acceptors (Lipinski definition) is 4. The molecule has 16 heavy (non-hydrogen) atoms. The van der Waals surface area contributed by atoms with Gasteiger partial charge in [0.1, 0.15) is 0 Å². The molecule has 0 saturated heterocycles. The van der Waals surface area contributed by atoms with Gasteiger partial charge in [0, 0.05) is 20.5 Å². The topological polar surface area (TPSA) is 53.9 Å². The Hall–Kier alpha value is -1.31. The van der Waals surface area contributed by atoms with Crippen LogP contribution in [0.5, 0.6) is 0 Å². The molecule has 0 saturated carbocycles. The van der Waals surface area contributed by atoms with Crippen LogP contribution in [0.3, 0.4) is 0 Å². The summed E-state index contributed by atoms with van der Waals surface area (Å²) in [5, 5.41) is 3.66. The second kappa shape index (κ2) is 6.31. The van der Waals surface area contributed by atoms with Crippen molar-refractivity contribution in [3.63, 3.8) is 0 Å². The number of nitrogens with one attached hydrogen (secondary N) is 1. The second-order valence-corrected chi connectivity index (χ2v) is 2.88. The summed E-state index contributed by atoms with van der Waals surface area (Å²) in [5.74, 6) is -2.02. The lowest BCUT2D eigenvalue weighted by Crippen LogP contribution is -2.34. The van der Waals surface area contributed by atoms with E-state index in [1.807, 2.05) is 5.48 Å². The van der Waals surface area contributed by atoms with E-state index in [1.165, 1.54) is 0 Å². The van der Waals surface area contributed by atoms with Crippen molar-refractivity contribution in [2.75, 3.05) is 14.1 Å². The zero-order valence-corrected chi connectivity index (χ0v) is 9.26. The second-order valence-electron chi connectivity index (χ2n) is 2.88. The van der Waals surface area contributed by atoms with Gasteiger partial charge in [-0.2, -0.15) is 18.7 Å². The van der Waals surface area contributed by atoms with Crippen molar-refractivity contribution in [2.24, 2.45) is 5.10 Å². The highest BCUT2D eigenvalue weighted by Crippen LogP contribution is 2.18. The SMILES string of the molecule is CCCC(=O)N(C)/N=C(\ONC)C(F)(F)F. The van der Waals surface area contributed by atoms with Crippen LogP contribution < -0.4 is 5.48 Å². The lowest BCUT2D eigenvalue weighted by molar-refractivity contribution is -0.130. The van der Waals surface area contributed by atoms with Gasteiger partial charge in [0.15, 0.2) is 0 Å². The first-order valence-electron chi connectivity index (χ1n) is 4.58. The monoisotopic (exact) mass is 241 g/mol. The highest BCUT2D eigenvalue weighted by molar-refractivity contribution is 5.84. The Morgan fingerprint density at radius 3 is 2.44 bits per heavy atom. The van der Waals surface area contributed by atoms with Crippen LogP contribution in [0.1, 0.15) is 19.8 Å². The summed E-state index contributed by atoms with van der Waals surface area (Å²) in [6.07, 6.45) is -4.08. The molecule has 0 fully saturated rings. The number of nitrogens with zero attached hydrogens (tertiary/aromatic N) is 2. The van der Waals surface area contributed by atoms with E-state index >= 15 is 0 Å². The van der Waals surface area contributed by atoms with Gasteiger partial charge in [-0.3, -0.25) is 4.79 Å². The van der Waals surface area contributed by atoms with Crippen molar-refractivity contribution in [1.82, 2.24) is 10.5 Å². The molecule has 8 heteroatoms. The van der Waals surface area contributed by atoms with E-state index in [4.69, 9.17) is 0 Å². The lowest BCUT2D eigenvalue weighted by atomic mass is 10.3. The molecular weight excluding hydrogens is 227 g/mol. The molecule has 0 aromatic carbocycles. The molecular formula is C8H14F3N3O2. The molecule has 0 aliphatic carbocycles. The van der Waals surface area contributed by atoms with Gasteiger partial charge in [0.05, 0.1) is 0 Å². The maximum atomic E-state index is 12.3. The lowest BCUT2D eigenvalue weighted by Gasteiger charge is -2.15. The number of hydrogen-bond donors (Lipinski definition) is 1. The number of amides is 1. The molecule has 0 atom stereocenters. The minimum absolute atomic E-state index is 0.130. The van der Waals surface area contributed by atoms with Crippen molar-refractivity contribution in [3.8, 4) is 0 Å². The van der Waals surface area contributed by atoms with Gasteiger partial charge in [-0.15, -0.1) is 5.10 Å². The Labute approximate surface area is 91.2 Å². The largest absolute Gasteiger partial charge is 0.472 e. The molecule has 0 aliphatic heterocycles. The normalized spacial score (nSPS) is 12.5. The first-order valence-corrected chi connectivity index (χ1v) is 4.58. The molecule has 5 nitrogen and oxygen atoms in total. The van der Waals surface area contributed by atoms with Gasteiger partial charge in [-0.05, 0) is 6.42 Å². The number of carbonyl (C=O) groups excluding carboxylic acids is 1. The molecule has 1 amide bonds. The molecule has 1 N–H and O–H groups in total. The number of hydroxylamine groups is 1. The summed E-state index contributed by atoms with van der Waals surface area (Å²) in [6.45, 7) is 1.74. The van der Waals surface area contributed by atoms with Crippen LogP contribution >= 0.6 is 0 Å². The van der Waals surface area contributed by atoms with Gasteiger partial charge in [0.2, 0.25) is 5.91 Å². The molecule has 0 radical (unpaired) electrons. The Morgan fingerprint density at radius 2 is 2.06 bits per heavy atom. The molecule has 0 aromatic rings. The summed E-state index contributed by atoms with van der Waals surface area (Å²) in [6, 6.07) is 0. The number of halogens is 3. The Morgan fingerprint density at radius 1 is 1.50 bits per heavy atom. The minimum atomic E-state index is -4.75. The fourth-order valence-corrected chi connectivity index (χ4v) is 0.799. The summed E-state index contributed by atoms with van der Waals surface area (Å²) < 4.78 is 36.8. The zero-order valence-electron chi connectivity index (χ0n) is 9.26. The number of alkyl halides is 3. The van der Waals surface area contributed by atoms with Crippen molar-refractivity contribution in [2.45, 2.75) is 25.9 Å². The third kappa shape index (κ3) is 4.96. The molecule has 94 valence electrons. The summed E-state index contributed by atoms with van der Waals surface area (Å²) in [5.41, 5.74) is 1.86. The van der Waals surface area contributed by atoms with Crippen molar-refractivity contribution in [1.29, 1.82) is 0 Å². The van der Waals surface area contributed by atoms with Gasteiger partial charge >= 0.3 is 12.1 Å². The van der Waals surface area contributed by atoms with Crippen molar-refractivity contribution in [3.05, 3.63) is 0 Å². The van der Waals surface area contributed by atoms with E-state index in [0.717, 1.165) is 14.1 Å². The van der Waals surface area contributed by atoms with Crippen LogP contribution in [0, 0.1) is 0 Å². The average molecular weight is 241 g/mol. The van der Waals surface area contributed by atoms with Crippen molar-refractivity contribution >= 4 is 11.8 Å². The first kappa shape index (κ1) is 14.7. The molecule has 0 spiro atoms.